The van der Waals surface area contributed by atoms with Crippen LogP contribution in [-0.2, 0) is 0 Å². The van der Waals surface area contributed by atoms with E-state index in [-0.39, 0.29) is 17.5 Å². The highest BCUT2D eigenvalue weighted by Crippen LogP contribution is 2.24. The van der Waals surface area contributed by atoms with Crippen molar-refractivity contribution in [2.24, 2.45) is 11.3 Å². The molecule has 0 bridgehead atoms. The van der Waals surface area contributed by atoms with E-state index in [1.54, 1.807) is 0 Å². The normalized spacial score (nSPS) is 27.4. The average molecular weight is 240 g/mol. The highest BCUT2D eigenvalue weighted by atomic mass is 16.2. The van der Waals surface area contributed by atoms with Crippen molar-refractivity contribution in [3.8, 4) is 0 Å². The average Bonchev–Trinajstić information content (AvgIpc) is 2.20. The van der Waals surface area contributed by atoms with E-state index in [2.05, 4.69) is 45.3 Å². The van der Waals surface area contributed by atoms with E-state index in [1.165, 1.54) is 19.3 Å². The minimum Gasteiger partial charge on any atom is -0.335 e. The van der Waals surface area contributed by atoms with Crippen LogP contribution in [0.25, 0.3) is 0 Å². The van der Waals surface area contributed by atoms with E-state index in [0.29, 0.717) is 12.0 Å². The number of hydrogen-bond donors (Lipinski definition) is 2. The van der Waals surface area contributed by atoms with E-state index in [9.17, 15) is 4.79 Å². The standard InChI is InChI=1S/C14H28N2O/c1-10-8-6-7-9-12(10)16-13(17)15-11(2)14(3,4)5/h10-12H,6-9H2,1-5H3,(H2,15,16,17). The fourth-order valence-corrected chi connectivity index (χ4v) is 2.15. The van der Waals surface area contributed by atoms with Gasteiger partial charge in [-0.15, -0.1) is 0 Å². The van der Waals surface area contributed by atoms with E-state index in [4.69, 9.17) is 0 Å². The van der Waals surface area contributed by atoms with Crippen molar-refractivity contribution in [2.75, 3.05) is 0 Å². The van der Waals surface area contributed by atoms with Crippen molar-refractivity contribution >= 4 is 6.03 Å². The predicted molar refractivity (Wildman–Crippen MR) is 72.0 cm³/mol. The van der Waals surface area contributed by atoms with Crippen LogP contribution in [0.4, 0.5) is 4.79 Å². The number of hydrogen-bond acceptors (Lipinski definition) is 1. The number of rotatable bonds is 2. The van der Waals surface area contributed by atoms with Gasteiger partial charge in [0.2, 0.25) is 0 Å². The van der Waals surface area contributed by atoms with Gasteiger partial charge in [-0.25, -0.2) is 4.79 Å². The molecule has 0 heterocycles. The number of urea groups is 1. The summed E-state index contributed by atoms with van der Waals surface area (Å²) < 4.78 is 0. The van der Waals surface area contributed by atoms with Gasteiger partial charge in [0.05, 0.1) is 0 Å². The Bertz CT molecular complexity index is 257. The molecule has 3 atom stereocenters. The SMILES string of the molecule is CC1CCCCC1NC(=O)NC(C)C(C)(C)C. The van der Waals surface area contributed by atoms with Crippen LogP contribution in [0.15, 0.2) is 0 Å². The van der Waals surface area contributed by atoms with Crippen LogP contribution in [0.2, 0.25) is 0 Å². The number of amides is 2. The first-order valence-electron chi connectivity index (χ1n) is 6.87. The molecule has 1 fully saturated rings. The summed E-state index contributed by atoms with van der Waals surface area (Å²) in [5.74, 6) is 0.611. The molecule has 0 aromatic carbocycles. The molecule has 0 radical (unpaired) electrons. The first-order valence-corrected chi connectivity index (χ1v) is 6.87. The lowest BCUT2D eigenvalue weighted by atomic mass is 9.86. The van der Waals surface area contributed by atoms with Gasteiger partial charge in [-0.05, 0) is 31.1 Å². The van der Waals surface area contributed by atoms with E-state index >= 15 is 0 Å². The van der Waals surface area contributed by atoms with Crippen molar-refractivity contribution in [1.29, 1.82) is 0 Å². The van der Waals surface area contributed by atoms with Crippen LogP contribution < -0.4 is 10.6 Å². The molecule has 0 aromatic heterocycles. The molecule has 3 unspecified atom stereocenters. The van der Waals surface area contributed by atoms with Gasteiger partial charge < -0.3 is 10.6 Å². The highest BCUT2D eigenvalue weighted by molar-refractivity contribution is 5.74. The van der Waals surface area contributed by atoms with Gasteiger partial charge in [-0.3, -0.25) is 0 Å². The summed E-state index contributed by atoms with van der Waals surface area (Å²) in [5, 5.41) is 6.16. The fraction of sp³-hybridized carbons (Fsp3) is 0.929. The van der Waals surface area contributed by atoms with Gasteiger partial charge in [0, 0.05) is 12.1 Å². The summed E-state index contributed by atoms with van der Waals surface area (Å²) in [7, 11) is 0. The summed E-state index contributed by atoms with van der Waals surface area (Å²) in [4.78, 5) is 11.9. The molecule has 3 heteroatoms. The van der Waals surface area contributed by atoms with Gasteiger partial charge in [-0.1, -0.05) is 40.5 Å². The summed E-state index contributed by atoms with van der Waals surface area (Å²) in [6.07, 6.45) is 4.90. The van der Waals surface area contributed by atoms with Crippen LogP contribution in [-0.4, -0.2) is 18.1 Å². The molecular weight excluding hydrogens is 212 g/mol. The van der Waals surface area contributed by atoms with Crippen LogP contribution in [0.1, 0.15) is 60.3 Å². The van der Waals surface area contributed by atoms with Crippen LogP contribution in [0.3, 0.4) is 0 Å². The lowest BCUT2D eigenvalue weighted by molar-refractivity contribution is 0.206. The maximum Gasteiger partial charge on any atom is 0.315 e. The second-order valence-electron chi connectivity index (χ2n) is 6.57. The largest absolute Gasteiger partial charge is 0.335 e. The zero-order valence-electron chi connectivity index (χ0n) is 12.0. The summed E-state index contributed by atoms with van der Waals surface area (Å²) in [6.45, 7) is 10.7. The van der Waals surface area contributed by atoms with Gasteiger partial charge in [-0.2, -0.15) is 0 Å². The van der Waals surface area contributed by atoms with Crippen LogP contribution in [0.5, 0.6) is 0 Å². The molecule has 3 nitrogen and oxygen atoms in total. The van der Waals surface area contributed by atoms with Gasteiger partial charge in [0.1, 0.15) is 0 Å². The second-order valence-corrected chi connectivity index (χ2v) is 6.57. The molecule has 1 aliphatic carbocycles. The Hall–Kier alpha value is -0.730. The summed E-state index contributed by atoms with van der Waals surface area (Å²) >= 11 is 0. The highest BCUT2D eigenvalue weighted by Gasteiger charge is 2.25. The monoisotopic (exact) mass is 240 g/mol. The molecular formula is C14H28N2O. The Morgan fingerprint density at radius 1 is 1.24 bits per heavy atom. The van der Waals surface area contributed by atoms with Crippen molar-refractivity contribution in [1.82, 2.24) is 10.6 Å². The Balaban J connectivity index is 2.38. The Kier molecular flexibility index (Phi) is 4.84. The van der Waals surface area contributed by atoms with Gasteiger partial charge in [0.15, 0.2) is 0 Å². The van der Waals surface area contributed by atoms with Crippen LogP contribution in [0, 0.1) is 11.3 Å². The lowest BCUT2D eigenvalue weighted by Crippen LogP contribution is -2.51. The Labute approximate surface area is 106 Å². The quantitative estimate of drug-likeness (QED) is 0.764. The van der Waals surface area contributed by atoms with Crippen molar-refractivity contribution in [3.05, 3.63) is 0 Å². The molecule has 17 heavy (non-hydrogen) atoms. The van der Waals surface area contributed by atoms with E-state index < -0.39 is 0 Å². The van der Waals surface area contributed by atoms with E-state index in [0.717, 1.165) is 6.42 Å². The molecule has 1 rings (SSSR count). The summed E-state index contributed by atoms with van der Waals surface area (Å²) in [5.41, 5.74) is 0.107. The smallest absolute Gasteiger partial charge is 0.315 e. The lowest BCUT2D eigenvalue weighted by Gasteiger charge is -2.32. The number of nitrogens with one attached hydrogen (secondary N) is 2. The molecule has 1 aliphatic rings. The molecule has 0 saturated heterocycles. The van der Waals surface area contributed by atoms with Crippen molar-refractivity contribution < 1.29 is 4.79 Å². The third kappa shape index (κ3) is 4.57. The zero-order chi connectivity index (χ0) is 13.1. The Morgan fingerprint density at radius 2 is 1.82 bits per heavy atom. The third-order valence-corrected chi connectivity index (χ3v) is 4.07. The summed E-state index contributed by atoms with van der Waals surface area (Å²) in [6, 6.07) is 0.531. The molecule has 2 amide bonds. The molecule has 0 aromatic rings. The second kappa shape index (κ2) is 5.74. The van der Waals surface area contributed by atoms with Crippen molar-refractivity contribution in [3.63, 3.8) is 0 Å². The molecule has 0 aliphatic heterocycles. The van der Waals surface area contributed by atoms with Crippen LogP contribution >= 0.6 is 0 Å². The van der Waals surface area contributed by atoms with Crippen molar-refractivity contribution in [2.45, 2.75) is 72.4 Å². The number of carbonyl (C=O) groups excluding carboxylic acids is 1. The predicted octanol–water partition coefficient (Wildman–Crippen LogP) is 3.30. The third-order valence-electron chi connectivity index (χ3n) is 4.07. The minimum absolute atomic E-state index is 0.00817. The van der Waals surface area contributed by atoms with Gasteiger partial charge >= 0.3 is 6.03 Å². The first kappa shape index (κ1) is 14.3. The number of carbonyl (C=O) groups is 1. The zero-order valence-corrected chi connectivity index (χ0v) is 12.0. The fourth-order valence-electron chi connectivity index (χ4n) is 2.15. The maximum absolute atomic E-state index is 11.9. The van der Waals surface area contributed by atoms with E-state index in [1.807, 2.05) is 0 Å². The molecule has 0 spiro atoms. The van der Waals surface area contributed by atoms with Gasteiger partial charge in [0.25, 0.3) is 0 Å². The topological polar surface area (TPSA) is 41.1 Å². The minimum atomic E-state index is -0.00817. The Morgan fingerprint density at radius 3 is 2.35 bits per heavy atom. The molecule has 100 valence electrons. The molecule has 1 saturated carbocycles. The first-order chi connectivity index (χ1) is 7.80. The maximum atomic E-state index is 11.9. The molecule has 2 N–H and O–H groups in total.